The molecule has 1 unspecified atom stereocenters. The van der Waals surface area contributed by atoms with Crippen LogP contribution < -0.4 is 0 Å². The van der Waals surface area contributed by atoms with Gasteiger partial charge in [0.2, 0.25) is 0 Å². The minimum atomic E-state index is -0.863. The van der Waals surface area contributed by atoms with Crippen molar-refractivity contribution in [3.05, 3.63) is 170 Å². The molecule has 0 rings (SSSR count). The lowest BCUT2D eigenvalue weighted by Crippen LogP contribution is -2.30. The van der Waals surface area contributed by atoms with Crippen LogP contribution in [0.4, 0.5) is 0 Å². The Bertz CT molecular complexity index is 1770. The highest BCUT2D eigenvalue weighted by atomic mass is 16.6. The second-order valence-corrected chi connectivity index (χ2v) is 19.2. The Hall–Kier alpha value is -5.23. The Morgan fingerprint density at radius 1 is 0.289 bits per heavy atom. The van der Waals surface area contributed by atoms with E-state index in [2.05, 4.69) is 179 Å². The molecule has 0 aromatic heterocycles. The third-order valence-electron chi connectivity index (χ3n) is 12.0. The molecule has 0 N–H and O–H groups in total. The number of carbonyl (C=O) groups excluding carboxylic acids is 3. The van der Waals surface area contributed by atoms with Crippen molar-refractivity contribution in [2.45, 2.75) is 239 Å². The minimum absolute atomic E-state index is 0.0776. The van der Waals surface area contributed by atoms with Gasteiger partial charge >= 0.3 is 17.9 Å². The zero-order valence-corrected chi connectivity index (χ0v) is 48.4. The molecule has 0 heterocycles. The molecule has 0 aromatic carbocycles. The lowest BCUT2D eigenvalue weighted by molar-refractivity contribution is -0.166. The van der Waals surface area contributed by atoms with Crippen LogP contribution in [0.2, 0.25) is 0 Å². The summed E-state index contributed by atoms with van der Waals surface area (Å²) in [5, 5.41) is 0. The summed E-state index contributed by atoms with van der Waals surface area (Å²) < 4.78 is 16.7. The lowest BCUT2D eigenvalue weighted by atomic mass is 10.0. The molecule has 0 spiro atoms. The molecule has 0 aliphatic rings. The highest BCUT2D eigenvalue weighted by Crippen LogP contribution is 2.14. The second kappa shape index (κ2) is 62.3. The van der Waals surface area contributed by atoms with Gasteiger partial charge in [0.05, 0.1) is 6.42 Å². The van der Waals surface area contributed by atoms with Gasteiger partial charge in [-0.1, -0.05) is 274 Å². The molecular weight excluding hydrogens is 937 g/mol. The normalized spacial score (nSPS) is 13.4. The molecule has 0 saturated heterocycles. The first-order valence-electron chi connectivity index (χ1n) is 30.1. The summed E-state index contributed by atoms with van der Waals surface area (Å²) in [5.41, 5.74) is 0. The van der Waals surface area contributed by atoms with Gasteiger partial charge in [-0.3, -0.25) is 14.4 Å². The molecule has 0 saturated carbocycles. The van der Waals surface area contributed by atoms with E-state index >= 15 is 0 Å². The maximum absolute atomic E-state index is 12.8. The van der Waals surface area contributed by atoms with E-state index in [1.165, 1.54) is 70.6 Å². The SMILES string of the molecule is CC/C=C\C/C=C\C/C=C\C/C=C\C/C=C\C/C=C\C/C=C\C/C=C\C/C=C\CCCC(=O)OCC(COC(=O)CCCCCCCCCCCCCCCC)OC(=O)C/C=C\C/C=C\C/C=C\C/C=C\C/C=C\CC. The van der Waals surface area contributed by atoms with E-state index < -0.39 is 12.1 Å². The Balaban J connectivity index is 4.53. The quantitative estimate of drug-likeness (QED) is 0.0261. The molecule has 0 aliphatic heterocycles. The predicted octanol–water partition coefficient (Wildman–Crippen LogP) is 20.7. The summed E-state index contributed by atoms with van der Waals surface area (Å²) >= 11 is 0. The summed E-state index contributed by atoms with van der Waals surface area (Å²) in [7, 11) is 0. The maximum atomic E-state index is 12.8. The van der Waals surface area contributed by atoms with Gasteiger partial charge in [0.15, 0.2) is 6.10 Å². The Morgan fingerprint density at radius 2 is 0.553 bits per heavy atom. The molecule has 76 heavy (non-hydrogen) atoms. The van der Waals surface area contributed by atoms with E-state index in [0.29, 0.717) is 19.3 Å². The van der Waals surface area contributed by atoms with E-state index in [1.807, 2.05) is 6.08 Å². The van der Waals surface area contributed by atoms with Crippen LogP contribution in [0, 0.1) is 0 Å². The van der Waals surface area contributed by atoms with Gasteiger partial charge in [-0.2, -0.15) is 0 Å². The Labute approximate surface area is 466 Å². The van der Waals surface area contributed by atoms with Crippen LogP contribution in [-0.2, 0) is 28.6 Å². The predicted molar refractivity (Wildman–Crippen MR) is 329 cm³/mol. The summed E-state index contributed by atoms with van der Waals surface area (Å²) in [6.45, 7) is 6.27. The van der Waals surface area contributed by atoms with Gasteiger partial charge in [-0.05, 0) is 109 Å². The number of rotatable bonds is 52. The van der Waals surface area contributed by atoms with Gasteiger partial charge < -0.3 is 14.2 Å². The summed E-state index contributed by atoms with van der Waals surface area (Å²) in [4.78, 5) is 38.1. The number of hydrogen-bond donors (Lipinski definition) is 0. The van der Waals surface area contributed by atoms with Gasteiger partial charge in [0, 0.05) is 12.8 Å². The van der Waals surface area contributed by atoms with Crippen molar-refractivity contribution < 1.29 is 28.6 Å². The van der Waals surface area contributed by atoms with Gasteiger partial charge in [0.25, 0.3) is 0 Å². The van der Waals surface area contributed by atoms with Crippen LogP contribution in [0.1, 0.15) is 233 Å². The fraction of sp³-hybridized carbons (Fsp3) is 0.557. The summed E-state index contributed by atoms with van der Waals surface area (Å²) in [6, 6.07) is 0. The third kappa shape index (κ3) is 59.6. The Morgan fingerprint density at radius 3 is 0.868 bits per heavy atom. The molecule has 0 fully saturated rings. The number of carbonyl (C=O) groups is 3. The first-order valence-corrected chi connectivity index (χ1v) is 30.1. The molecule has 0 radical (unpaired) electrons. The standard InChI is InChI=1S/C70H108O6/c1-4-7-10-13-16-19-22-25-28-29-30-31-32-33-34-35-36-37-38-39-40-41-43-45-48-51-54-57-60-63-69(72)75-66-67(65-74-68(71)62-59-56-53-50-47-44-27-24-21-18-15-12-9-6-3)76-70(73)64-61-58-55-52-49-46-42-26-23-20-17-14-11-8-5-2/h7-8,10-11,16-17,19-20,25-26,28,30-31,33-34,36-37,39-40,42-43,45,49,51-52,54,58,61,67H,4-6,9,12-15,18,21-24,27,29,32,35,38,41,44,46-48,50,53,55-57,59-60,62-66H2,1-3H3/b10-7-,11-8-,19-16-,20-17-,28-25-,31-30-,34-33-,37-36-,40-39-,42-26-,45-43-,52-49-,54-51-,61-58-. The van der Waals surface area contributed by atoms with E-state index in [1.54, 1.807) is 6.08 Å². The van der Waals surface area contributed by atoms with Crippen molar-refractivity contribution in [3.8, 4) is 0 Å². The molecule has 6 heteroatoms. The number of hydrogen-bond acceptors (Lipinski definition) is 6. The molecule has 6 nitrogen and oxygen atoms in total. The topological polar surface area (TPSA) is 78.9 Å². The molecular formula is C70H108O6. The van der Waals surface area contributed by atoms with E-state index in [-0.39, 0.29) is 38.0 Å². The fourth-order valence-corrected chi connectivity index (χ4v) is 7.58. The number of allylic oxidation sites excluding steroid dienone is 27. The maximum Gasteiger partial charge on any atom is 0.310 e. The van der Waals surface area contributed by atoms with Crippen LogP contribution in [0.25, 0.3) is 0 Å². The van der Waals surface area contributed by atoms with Crippen LogP contribution in [0.3, 0.4) is 0 Å². The minimum Gasteiger partial charge on any atom is -0.462 e. The van der Waals surface area contributed by atoms with Crippen LogP contribution in [0.5, 0.6) is 0 Å². The molecule has 0 aromatic rings. The number of unbranched alkanes of at least 4 members (excludes halogenated alkanes) is 14. The third-order valence-corrected chi connectivity index (χ3v) is 12.0. The van der Waals surface area contributed by atoms with Crippen LogP contribution >= 0.6 is 0 Å². The van der Waals surface area contributed by atoms with Crippen molar-refractivity contribution >= 4 is 17.9 Å². The second-order valence-electron chi connectivity index (χ2n) is 19.2. The first-order chi connectivity index (χ1) is 37.5. The van der Waals surface area contributed by atoms with E-state index in [4.69, 9.17) is 14.2 Å². The number of ether oxygens (including phenoxy) is 3. The largest absolute Gasteiger partial charge is 0.462 e. The van der Waals surface area contributed by atoms with Crippen molar-refractivity contribution in [2.24, 2.45) is 0 Å². The molecule has 0 amide bonds. The monoisotopic (exact) mass is 1040 g/mol. The van der Waals surface area contributed by atoms with Crippen molar-refractivity contribution in [2.75, 3.05) is 13.2 Å². The van der Waals surface area contributed by atoms with Gasteiger partial charge in [0.1, 0.15) is 13.2 Å². The van der Waals surface area contributed by atoms with Crippen molar-refractivity contribution in [3.63, 3.8) is 0 Å². The fourth-order valence-electron chi connectivity index (χ4n) is 7.58. The average Bonchev–Trinajstić information content (AvgIpc) is 3.42. The van der Waals surface area contributed by atoms with Gasteiger partial charge in [-0.25, -0.2) is 0 Å². The Kier molecular flexibility index (Phi) is 58.0. The van der Waals surface area contributed by atoms with Crippen molar-refractivity contribution in [1.29, 1.82) is 0 Å². The smallest absolute Gasteiger partial charge is 0.310 e. The zero-order valence-electron chi connectivity index (χ0n) is 48.4. The molecule has 0 bridgehead atoms. The summed E-state index contributed by atoms with van der Waals surface area (Å²) in [5.74, 6) is -1.14. The first kappa shape index (κ1) is 70.8. The lowest BCUT2D eigenvalue weighted by Gasteiger charge is -2.18. The van der Waals surface area contributed by atoms with Crippen LogP contribution in [-0.4, -0.2) is 37.2 Å². The molecule has 0 aliphatic carbocycles. The van der Waals surface area contributed by atoms with E-state index in [9.17, 15) is 14.4 Å². The molecule has 424 valence electrons. The van der Waals surface area contributed by atoms with Crippen LogP contribution in [0.15, 0.2) is 170 Å². The van der Waals surface area contributed by atoms with Crippen molar-refractivity contribution in [1.82, 2.24) is 0 Å². The highest BCUT2D eigenvalue weighted by Gasteiger charge is 2.19. The highest BCUT2D eigenvalue weighted by molar-refractivity contribution is 5.72. The number of esters is 3. The zero-order chi connectivity index (χ0) is 55.0. The average molecular weight is 1050 g/mol. The van der Waals surface area contributed by atoms with E-state index in [0.717, 1.165) is 109 Å². The molecule has 1 atom stereocenters. The van der Waals surface area contributed by atoms with Gasteiger partial charge in [-0.15, -0.1) is 0 Å². The summed E-state index contributed by atoms with van der Waals surface area (Å²) in [6.07, 6.45) is 92.4.